The third-order valence-corrected chi connectivity index (χ3v) is 6.87. The van der Waals surface area contributed by atoms with Crippen molar-refractivity contribution >= 4 is 28.9 Å². The summed E-state index contributed by atoms with van der Waals surface area (Å²) in [6.45, 7) is 1.23. The Morgan fingerprint density at radius 1 is 1.29 bits per heavy atom. The van der Waals surface area contributed by atoms with Crippen molar-refractivity contribution in [3.63, 3.8) is 0 Å². The van der Waals surface area contributed by atoms with Crippen molar-refractivity contribution in [2.45, 2.75) is 37.8 Å². The summed E-state index contributed by atoms with van der Waals surface area (Å²) in [5.74, 6) is 1.97. The minimum atomic E-state index is -0.567. The van der Waals surface area contributed by atoms with E-state index in [1.807, 2.05) is 23.2 Å². The molecular formula is C25H26FN7O2. The van der Waals surface area contributed by atoms with Crippen LogP contribution in [0.5, 0.6) is 0 Å². The van der Waals surface area contributed by atoms with Gasteiger partial charge in [-0.3, -0.25) is 9.79 Å². The Morgan fingerprint density at radius 2 is 2.17 bits per heavy atom. The molecule has 3 aromatic heterocycles. The van der Waals surface area contributed by atoms with Crippen molar-refractivity contribution in [2.24, 2.45) is 10.9 Å². The Hall–Kier alpha value is -3.66. The van der Waals surface area contributed by atoms with Gasteiger partial charge in [-0.25, -0.2) is 9.50 Å². The Labute approximate surface area is 201 Å². The van der Waals surface area contributed by atoms with E-state index in [-0.39, 0.29) is 18.3 Å². The number of ether oxygens (including phenoxy) is 1. The summed E-state index contributed by atoms with van der Waals surface area (Å²) in [6.07, 6.45) is 8.42. The number of carbonyl (C=O) groups is 1. The summed E-state index contributed by atoms with van der Waals surface area (Å²) in [5, 5.41) is 8.07. The van der Waals surface area contributed by atoms with E-state index in [1.54, 1.807) is 17.7 Å². The number of pyridine rings is 1. The van der Waals surface area contributed by atoms with Gasteiger partial charge in [0.05, 0.1) is 18.7 Å². The number of nitrogens with zero attached hydrogens (tertiary/aromatic N) is 6. The molecule has 5 heterocycles. The first-order chi connectivity index (χ1) is 17.1. The van der Waals surface area contributed by atoms with Gasteiger partial charge in [-0.15, -0.1) is 5.10 Å². The van der Waals surface area contributed by atoms with E-state index in [1.165, 1.54) is 30.7 Å². The largest absolute Gasteiger partial charge is 0.380 e. The number of methoxy groups -OCH3 is 1. The van der Waals surface area contributed by atoms with Gasteiger partial charge in [-0.05, 0) is 54.2 Å². The first-order valence-corrected chi connectivity index (χ1v) is 11.9. The molecule has 1 N–H and O–H groups in total. The molecule has 0 spiro atoms. The monoisotopic (exact) mass is 475 g/mol. The number of amidine groups is 1. The fourth-order valence-corrected chi connectivity index (χ4v) is 4.80. The van der Waals surface area contributed by atoms with E-state index in [0.29, 0.717) is 36.2 Å². The highest BCUT2D eigenvalue weighted by Gasteiger charge is 2.39. The smallest absolute Gasteiger partial charge is 0.246 e. The molecule has 3 aromatic rings. The van der Waals surface area contributed by atoms with Crippen LogP contribution in [0.25, 0.3) is 5.52 Å². The van der Waals surface area contributed by atoms with Crippen molar-refractivity contribution in [1.29, 1.82) is 0 Å². The maximum Gasteiger partial charge on any atom is 0.246 e. The molecule has 180 valence electrons. The summed E-state index contributed by atoms with van der Waals surface area (Å²) in [6, 6.07) is 6.24. The van der Waals surface area contributed by atoms with Gasteiger partial charge in [-0.2, -0.15) is 9.37 Å². The minimum absolute atomic E-state index is 0.0131. The van der Waals surface area contributed by atoms with Gasteiger partial charge in [0.25, 0.3) is 0 Å². The normalized spacial score (nSPS) is 21.9. The number of fused-ring (bicyclic) bond motifs is 1. The number of carbonyl (C=O) groups excluding carboxylic acids is 1. The van der Waals surface area contributed by atoms with E-state index in [9.17, 15) is 9.18 Å². The third kappa shape index (κ3) is 4.41. The fourth-order valence-electron chi connectivity index (χ4n) is 4.80. The molecule has 9 nitrogen and oxygen atoms in total. The number of hydrogen-bond acceptors (Lipinski definition) is 8. The Bertz CT molecular complexity index is 1330. The fraction of sp³-hybridized carbons (Fsp3) is 0.400. The molecule has 35 heavy (non-hydrogen) atoms. The van der Waals surface area contributed by atoms with Crippen LogP contribution >= 0.6 is 0 Å². The van der Waals surface area contributed by atoms with Crippen LogP contribution in [0, 0.1) is 11.9 Å². The van der Waals surface area contributed by atoms with Crippen LogP contribution in [0.1, 0.15) is 24.8 Å². The molecule has 1 saturated carbocycles. The lowest BCUT2D eigenvalue weighted by atomic mass is 10.0. The number of ketones is 1. The molecule has 1 saturated heterocycles. The Balaban J connectivity index is 1.29. The molecule has 1 aliphatic carbocycles. The molecule has 10 heteroatoms. The highest BCUT2D eigenvalue weighted by Crippen LogP contribution is 2.38. The molecule has 2 fully saturated rings. The highest BCUT2D eigenvalue weighted by atomic mass is 19.1. The lowest BCUT2D eigenvalue weighted by Gasteiger charge is -2.24. The summed E-state index contributed by atoms with van der Waals surface area (Å²) in [7, 11) is 1.64. The quantitative estimate of drug-likeness (QED) is 0.525. The maximum atomic E-state index is 13.3. The van der Waals surface area contributed by atoms with Crippen LogP contribution in [0.15, 0.2) is 53.3 Å². The molecular weight excluding hydrogens is 449 g/mol. The van der Waals surface area contributed by atoms with Crippen LogP contribution in [0.2, 0.25) is 0 Å². The molecule has 0 radical (unpaired) electrons. The Morgan fingerprint density at radius 3 is 2.94 bits per heavy atom. The van der Waals surface area contributed by atoms with Crippen molar-refractivity contribution in [3.05, 3.63) is 59.8 Å². The van der Waals surface area contributed by atoms with Gasteiger partial charge < -0.3 is 15.0 Å². The number of rotatable bonds is 7. The van der Waals surface area contributed by atoms with Gasteiger partial charge >= 0.3 is 0 Å². The second-order valence-corrected chi connectivity index (χ2v) is 9.31. The van der Waals surface area contributed by atoms with E-state index in [2.05, 4.69) is 21.4 Å². The predicted molar refractivity (Wildman–Crippen MR) is 129 cm³/mol. The summed E-state index contributed by atoms with van der Waals surface area (Å²) >= 11 is 0. The van der Waals surface area contributed by atoms with Crippen molar-refractivity contribution in [3.8, 4) is 0 Å². The Kier molecular flexibility index (Phi) is 5.52. The zero-order valence-electron chi connectivity index (χ0n) is 19.4. The number of anilines is 2. The lowest BCUT2D eigenvalue weighted by Crippen LogP contribution is -2.38. The second kappa shape index (κ2) is 8.84. The van der Waals surface area contributed by atoms with Gasteiger partial charge in [-0.1, -0.05) is 6.07 Å². The average molecular weight is 476 g/mol. The topological polar surface area (TPSA) is 97.0 Å². The number of hydrogen-bond donors (Lipinski definition) is 1. The van der Waals surface area contributed by atoms with E-state index in [0.717, 1.165) is 17.9 Å². The zero-order valence-corrected chi connectivity index (χ0v) is 19.4. The molecule has 0 bridgehead atoms. The van der Waals surface area contributed by atoms with Gasteiger partial charge in [0.2, 0.25) is 11.9 Å². The molecule has 0 amide bonds. The second-order valence-electron chi connectivity index (χ2n) is 9.31. The van der Waals surface area contributed by atoms with Crippen LogP contribution < -0.4 is 10.2 Å². The first-order valence-electron chi connectivity index (χ1n) is 11.9. The lowest BCUT2D eigenvalue weighted by molar-refractivity contribution is -0.119. The number of nitrogens with one attached hydrogen (secondary N) is 1. The maximum absolute atomic E-state index is 13.3. The van der Waals surface area contributed by atoms with Crippen LogP contribution in [0.4, 0.5) is 16.2 Å². The molecule has 3 aliphatic rings. The van der Waals surface area contributed by atoms with Crippen molar-refractivity contribution in [1.82, 2.24) is 19.6 Å². The van der Waals surface area contributed by atoms with Crippen LogP contribution in [0.3, 0.4) is 0 Å². The number of aromatic nitrogens is 4. The molecule has 2 atom stereocenters. The molecule has 6 rings (SSSR count). The number of halogens is 1. The predicted octanol–water partition coefficient (Wildman–Crippen LogP) is 2.83. The van der Waals surface area contributed by atoms with Crippen molar-refractivity contribution in [2.75, 3.05) is 30.4 Å². The van der Waals surface area contributed by atoms with E-state index >= 15 is 0 Å². The summed E-state index contributed by atoms with van der Waals surface area (Å²) < 4.78 is 20.6. The number of Topliss-reactive ketones (excluding diaryl/α,β-unsaturated/α-hetero) is 1. The zero-order chi connectivity index (χ0) is 23.9. The molecule has 2 aliphatic heterocycles. The van der Waals surface area contributed by atoms with Gasteiger partial charge in [0.15, 0.2) is 11.6 Å². The van der Waals surface area contributed by atoms with E-state index < -0.39 is 12.0 Å². The third-order valence-electron chi connectivity index (χ3n) is 6.87. The van der Waals surface area contributed by atoms with Crippen LogP contribution in [-0.4, -0.2) is 63.5 Å². The average Bonchev–Trinajstić information content (AvgIpc) is 3.24. The SMILES string of the molecule is CO[C@@H]1C[C@@H](C(=O)Cc2ccc(F)nc2)N(c2nc(NC3=NCC(C4CC4)=C3)c3cccn3n2)C1. The molecule has 0 unspecified atom stereocenters. The van der Waals surface area contributed by atoms with Crippen LogP contribution in [-0.2, 0) is 16.0 Å². The standard InChI is InChI=1S/C25H26FN7O2/c1-35-18-11-20(21(34)9-15-4-7-22(26)27-12-15)32(14-18)25-30-24(19-3-2-8-33(19)31-25)29-23-10-17(13-28-23)16-5-6-16/h2-4,7-8,10,12,16,18,20H,5-6,9,11,13-14H2,1H3,(H,28,29,30,31)/t18-,20+/m1/s1. The van der Waals surface area contributed by atoms with Crippen molar-refractivity contribution < 1.29 is 13.9 Å². The van der Waals surface area contributed by atoms with Gasteiger partial charge in [0.1, 0.15) is 11.4 Å². The molecule has 0 aromatic carbocycles. The summed E-state index contributed by atoms with van der Waals surface area (Å²) in [4.78, 5) is 28.3. The van der Waals surface area contributed by atoms with Gasteiger partial charge in [0, 0.05) is 38.9 Å². The summed E-state index contributed by atoms with van der Waals surface area (Å²) in [5.41, 5.74) is 2.86. The highest BCUT2D eigenvalue weighted by molar-refractivity contribution is 6.07. The van der Waals surface area contributed by atoms with E-state index in [4.69, 9.17) is 14.8 Å². The first kappa shape index (κ1) is 21.8. The minimum Gasteiger partial charge on any atom is -0.380 e. The number of aliphatic imine (C=N–C) groups is 1.